The van der Waals surface area contributed by atoms with E-state index in [-0.39, 0.29) is 28.1 Å². The van der Waals surface area contributed by atoms with Gasteiger partial charge in [0.1, 0.15) is 28.5 Å². The standard InChI is InChI=1S/C23H21F5N4O3/c1-12(23(26,27)28)35-16-6-18-31-17(22-9-21(2,10-22)34-11-22)8-32(18)7-15(16)30-20(33)14-5-3-4-13(29-14)19(24)25/h3-8,12,19H,9-11H2,1-2H3,(H,30,33). The van der Waals surface area contributed by atoms with Crippen molar-refractivity contribution >= 4 is 17.2 Å². The SMILES string of the molecule is CC(Oc1cc2nc(C34COC(C)(C3)C4)cn2cc1NC(=O)c1cccc(C(F)F)n1)C(F)(F)F. The second-order valence-corrected chi connectivity index (χ2v) is 9.32. The summed E-state index contributed by atoms with van der Waals surface area (Å²) in [7, 11) is 0. The Bertz CT molecular complexity index is 1300. The van der Waals surface area contributed by atoms with E-state index in [4.69, 9.17) is 9.47 Å². The number of rotatable bonds is 6. The van der Waals surface area contributed by atoms with Crippen LogP contribution >= 0.6 is 0 Å². The van der Waals surface area contributed by atoms with Crippen LogP contribution in [0, 0.1) is 0 Å². The zero-order chi connectivity index (χ0) is 25.2. The first-order valence-corrected chi connectivity index (χ1v) is 10.8. The van der Waals surface area contributed by atoms with E-state index in [1.807, 2.05) is 6.92 Å². The molecule has 0 spiro atoms. The molecular formula is C23H21F5N4O3. The number of halogens is 5. The normalized spacial score (nSPS) is 24.5. The molecule has 1 aliphatic carbocycles. The van der Waals surface area contributed by atoms with Crippen molar-refractivity contribution in [3.05, 3.63) is 53.7 Å². The number of fused-ring (bicyclic) bond motifs is 2. The highest BCUT2D eigenvalue weighted by Crippen LogP contribution is 2.58. The molecule has 3 aromatic heterocycles. The number of ether oxygens (including phenoxy) is 2. The zero-order valence-electron chi connectivity index (χ0n) is 18.7. The van der Waals surface area contributed by atoms with Crippen LogP contribution < -0.4 is 10.1 Å². The summed E-state index contributed by atoms with van der Waals surface area (Å²) in [5.74, 6) is -1.15. The predicted molar refractivity (Wildman–Crippen MR) is 114 cm³/mol. The number of anilines is 1. The summed E-state index contributed by atoms with van der Waals surface area (Å²) in [6, 6.07) is 4.83. The smallest absolute Gasteiger partial charge is 0.425 e. The molecule has 1 N–H and O–H groups in total. The molecule has 1 unspecified atom stereocenters. The topological polar surface area (TPSA) is 77.8 Å². The molecular weight excluding hydrogens is 475 g/mol. The van der Waals surface area contributed by atoms with E-state index >= 15 is 0 Å². The van der Waals surface area contributed by atoms with Crippen LogP contribution in [0.15, 0.2) is 36.7 Å². The number of nitrogens with one attached hydrogen (secondary N) is 1. The van der Waals surface area contributed by atoms with Crippen molar-refractivity contribution in [2.45, 2.75) is 56.4 Å². The van der Waals surface area contributed by atoms with Gasteiger partial charge in [-0.05, 0) is 38.8 Å². The van der Waals surface area contributed by atoms with Crippen LogP contribution in [-0.2, 0) is 10.2 Å². The number of alkyl halides is 5. The molecule has 7 nitrogen and oxygen atoms in total. The van der Waals surface area contributed by atoms with Gasteiger partial charge >= 0.3 is 6.18 Å². The molecule has 186 valence electrons. The van der Waals surface area contributed by atoms with Crippen LogP contribution in [0.2, 0.25) is 0 Å². The fourth-order valence-corrected chi connectivity index (χ4v) is 4.76. The number of pyridine rings is 2. The third-order valence-corrected chi connectivity index (χ3v) is 6.46. The second-order valence-electron chi connectivity index (χ2n) is 9.32. The fraction of sp³-hybridized carbons (Fsp3) is 0.435. The van der Waals surface area contributed by atoms with E-state index in [1.54, 1.807) is 10.6 Å². The molecule has 1 atom stereocenters. The monoisotopic (exact) mass is 496 g/mol. The molecule has 0 aromatic carbocycles. The van der Waals surface area contributed by atoms with E-state index in [9.17, 15) is 26.7 Å². The van der Waals surface area contributed by atoms with Crippen LogP contribution in [0.4, 0.5) is 27.6 Å². The highest BCUT2D eigenvalue weighted by Gasteiger charge is 2.61. The average molecular weight is 496 g/mol. The lowest BCUT2D eigenvalue weighted by atomic mass is 9.62. The number of nitrogens with zero attached hydrogens (tertiary/aromatic N) is 3. The Balaban J connectivity index is 1.50. The molecule has 0 radical (unpaired) electrons. The average Bonchev–Trinajstić information content (AvgIpc) is 3.44. The first kappa shape index (κ1) is 23.5. The third-order valence-electron chi connectivity index (χ3n) is 6.46. The Morgan fingerprint density at radius 2 is 1.97 bits per heavy atom. The minimum absolute atomic E-state index is 0.0922. The van der Waals surface area contributed by atoms with Crippen LogP contribution in [0.5, 0.6) is 5.75 Å². The number of imidazole rings is 1. The maximum absolute atomic E-state index is 13.2. The summed E-state index contributed by atoms with van der Waals surface area (Å²) in [6.07, 6.45) is -5.03. The number of hydrogen-bond acceptors (Lipinski definition) is 5. The van der Waals surface area contributed by atoms with Crippen molar-refractivity contribution in [2.24, 2.45) is 0 Å². The lowest BCUT2D eigenvalue weighted by molar-refractivity contribution is -0.189. The summed E-state index contributed by atoms with van der Waals surface area (Å²) < 4.78 is 78.1. The second kappa shape index (κ2) is 7.87. The Morgan fingerprint density at radius 1 is 1.23 bits per heavy atom. The number of carbonyl (C=O) groups excluding carboxylic acids is 1. The van der Waals surface area contributed by atoms with Crippen molar-refractivity contribution in [2.75, 3.05) is 11.9 Å². The molecule has 2 bridgehead atoms. The molecule has 3 aromatic rings. The molecule has 3 fully saturated rings. The zero-order valence-corrected chi connectivity index (χ0v) is 18.7. The van der Waals surface area contributed by atoms with Gasteiger partial charge in [-0.1, -0.05) is 6.07 Å². The number of carbonyl (C=O) groups is 1. The number of hydrogen-bond donors (Lipinski definition) is 1. The van der Waals surface area contributed by atoms with Gasteiger partial charge in [-0.2, -0.15) is 13.2 Å². The van der Waals surface area contributed by atoms with E-state index in [0.29, 0.717) is 12.3 Å². The van der Waals surface area contributed by atoms with Crippen LogP contribution in [0.1, 0.15) is 55.0 Å². The summed E-state index contributed by atoms with van der Waals surface area (Å²) in [6.45, 7) is 3.35. The number of amides is 1. The van der Waals surface area contributed by atoms with Gasteiger partial charge in [-0.3, -0.25) is 4.79 Å². The van der Waals surface area contributed by atoms with Crippen LogP contribution in [0.3, 0.4) is 0 Å². The lowest BCUT2D eigenvalue weighted by Crippen LogP contribution is -2.45. The highest BCUT2D eigenvalue weighted by atomic mass is 19.4. The Hall–Kier alpha value is -3.28. The lowest BCUT2D eigenvalue weighted by Gasteiger charge is -2.41. The molecule has 12 heteroatoms. The molecule has 3 aliphatic rings. The maximum Gasteiger partial charge on any atom is 0.425 e. The molecule has 35 heavy (non-hydrogen) atoms. The van der Waals surface area contributed by atoms with Gasteiger partial charge in [0.05, 0.1) is 17.9 Å². The van der Waals surface area contributed by atoms with Crippen molar-refractivity contribution in [1.82, 2.24) is 14.4 Å². The predicted octanol–water partition coefficient (Wildman–Crippen LogP) is 5.07. The van der Waals surface area contributed by atoms with Gasteiger partial charge in [0.15, 0.2) is 6.10 Å². The number of aromatic nitrogens is 3. The molecule has 6 rings (SSSR count). The van der Waals surface area contributed by atoms with Gasteiger partial charge in [0.2, 0.25) is 0 Å². The molecule has 1 amide bonds. The molecule has 2 saturated heterocycles. The third kappa shape index (κ3) is 4.19. The van der Waals surface area contributed by atoms with Crippen LogP contribution in [0.25, 0.3) is 5.65 Å². The molecule has 5 heterocycles. The maximum atomic E-state index is 13.2. The Morgan fingerprint density at radius 3 is 2.60 bits per heavy atom. The van der Waals surface area contributed by atoms with Gasteiger partial charge in [0, 0.05) is 23.9 Å². The van der Waals surface area contributed by atoms with E-state index in [0.717, 1.165) is 31.5 Å². The van der Waals surface area contributed by atoms with Crippen molar-refractivity contribution in [1.29, 1.82) is 0 Å². The largest absolute Gasteiger partial charge is 0.479 e. The fourth-order valence-electron chi connectivity index (χ4n) is 4.76. The first-order chi connectivity index (χ1) is 16.4. The minimum Gasteiger partial charge on any atom is -0.479 e. The highest BCUT2D eigenvalue weighted by molar-refractivity contribution is 6.03. The summed E-state index contributed by atoms with van der Waals surface area (Å²) in [5.41, 5.74) is -0.396. The molecule has 1 saturated carbocycles. The van der Waals surface area contributed by atoms with Crippen molar-refractivity contribution in [3.8, 4) is 5.75 Å². The van der Waals surface area contributed by atoms with Gasteiger partial charge in [-0.25, -0.2) is 18.7 Å². The van der Waals surface area contributed by atoms with Gasteiger partial charge < -0.3 is 19.2 Å². The Kier molecular flexibility index (Phi) is 5.28. The molecule has 2 aliphatic heterocycles. The quantitative estimate of drug-likeness (QED) is 0.483. The first-order valence-electron chi connectivity index (χ1n) is 10.8. The summed E-state index contributed by atoms with van der Waals surface area (Å²) in [5, 5.41) is 2.43. The van der Waals surface area contributed by atoms with Crippen molar-refractivity contribution < 1.29 is 36.2 Å². The Labute approximate surface area is 196 Å². The summed E-state index contributed by atoms with van der Waals surface area (Å²) >= 11 is 0. The van der Waals surface area contributed by atoms with E-state index < -0.39 is 30.3 Å². The van der Waals surface area contributed by atoms with E-state index in [1.165, 1.54) is 24.4 Å². The van der Waals surface area contributed by atoms with Crippen LogP contribution in [-0.4, -0.2) is 44.8 Å². The minimum atomic E-state index is -4.66. The van der Waals surface area contributed by atoms with Crippen molar-refractivity contribution in [3.63, 3.8) is 0 Å². The van der Waals surface area contributed by atoms with E-state index in [2.05, 4.69) is 15.3 Å². The van der Waals surface area contributed by atoms with Gasteiger partial charge in [-0.15, -0.1) is 0 Å². The van der Waals surface area contributed by atoms with Gasteiger partial charge in [0.25, 0.3) is 12.3 Å². The summed E-state index contributed by atoms with van der Waals surface area (Å²) in [4.78, 5) is 20.9.